The molecule has 8 nitrogen and oxygen atoms in total. The van der Waals surface area contributed by atoms with Gasteiger partial charge in [0.15, 0.2) is 11.4 Å². The van der Waals surface area contributed by atoms with Crippen LogP contribution < -0.4 is 15.4 Å². The maximum atomic E-state index is 13.7. The Hall–Kier alpha value is -3.23. The van der Waals surface area contributed by atoms with Crippen molar-refractivity contribution in [3.63, 3.8) is 0 Å². The van der Waals surface area contributed by atoms with Gasteiger partial charge in [-0.2, -0.15) is 5.10 Å². The summed E-state index contributed by atoms with van der Waals surface area (Å²) < 4.78 is 18.8. The second-order valence-corrected chi connectivity index (χ2v) is 4.79. The Labute approximate surface area is 136 Å². The molecule has 0 unspecified atom stereocenters. The number of ether oxygens (including phenoxy) is 1. The molecule has 1 aromatic carbocycles. The molecule has 0 aliphatic rings. The van der Waals surface area contributed by atoms with Crippen molar-refractivity contribution < 1.29 is 23.8 Å². The fraction of sp³-hybridized carbons (Fsp3) is 0.200. The van der Waals surface area contributed by atoms with E-state index in [4.69, 9.17) is 4.74 Å². The second-order valence-electron chi connectivity index (χ2n) is 4.79. The Morgan fingerprint density at radius 3 is 2.50 bits per heavy atom. The molecule has 126 valence electrons. The minimum atomic E-state index is -1.34. The lowest BCUT2D eigenvalue weighted by Crippen LogP contribution is -2.21. The van der Waals surface area contributed by atoms with Gasteiger partial charge in [0.05, 0.1) is 24.2 Å². The summed E-state index contributed by atoms with van der Waals surface area (Å²) in [5, 5.41) is 22.0. The van der Waals surface area contributed by atoms with Crippen LogP contribution in [0.5, 0.6) is 5.75 Å². The minimum absolute atomic E-state index is 0.0220. The zero-order valence-electron chi connectivity index (χ0n) is 13.2. The van der Waals surface area contributed by atoms with E-state index >= 15 is 0 Å². The van der Waals surface area contributed by atoms with E-state index in [-0.39, 0.29) is 28.4 Å². The first-order chi connectivity index (χ1) is 11.4. The first-order valence-electron chi connectivity index (χ1n) is 6.81. The average molecular weight is 334 g/mol. The van der Waals surface area contributed by atoms with Gasteiger partial charge in [-0.05, 0) is 19.1 Å². The molecule has 9 heteroatoms. The van der Waals surface area contributed by atoms with Crippen molar-refractivity contribution in [1.29, 1.82) is 0 Å². The monoisotopic (exact) mass is 334 g/mol. The Morgan fingerprint density at radius 2 is 1.92 bits per heavy atom. The molecule has 0 bridgehead atoms. The van der Waals surface area contributed by atoms with E-state index in [0.717, 1.165) is 12.1 Å². The third kappa shape index (κ3) is 3.40. The predicted molar refractivity (Wildman–Crippen MR) is 83.4 cm³/mol. The highest BCUT2D eigenvalue weighted by atomic mass is 19.1. The van der Waals surface area contributed by atoms with E-state index in [9.17, 15) is 19.1 Å². The van der Waals surface area contributed by atoms with Crippen LogP contribution in [-0.4, -0.2) is 41.3 Å². The van der Waals surface area contributed by atoms with E-state index < -0.39 is 17.7 Å². The molecule has 1 aromatic heterocycles. The van der Waals surface area contributed by atoms with Gasteiger partial charge in [-0.15, -0.1) is 5.10 Å². The average Bonchev–Trinajstić information content (AvgIpc) is 2.53. The van der Waals surface area contributed by atoms with Crippen LogP contribution in [0.3, 0.4) is 0 Å². The lowest BCUT2D eigenvalue weighted by atomic mass is 10.1. The van der Waals surface area contributed by atoms with Crippen molar-refractivity contribution in [3.05, 3.63) is 41.0 Å². The van der Waals surface area contributed by atoms with Crippen LogP contribution in [0, 0.1) is 12.7 Å². The highest BCUT2D eigenvalue weighted by molar-refractivity contribution is 5.99. The standard InChI is InChI=1S/C15H15FN4O4/c1-7-4-10(12(20-19-7)14(21)17-2)18-11-6-8(16)5-9(15(22)23)13(11)24-3/h4-6H,1-3H3,(H,17,21)(H,18,19)(H,22,23). The number of amides is 1. The molecule has 0 saturated heterocycles. The first kappa shape index (κ1) is 17.1. The quantitative estimate of drug-likeness (QED) is 0.763. The lowest BCUT2D eigenvalue weighted by Gasteiger charge is -2.15. The number of hydrogen-bond donors (Lipinski definition) is 3. The lowest BCUT2D eigenvalue weighted by molar-refractivity contribution is 0.0692. The third-order valence-electron chi connectivity index (χ3n) is 3.12. The number of carboxylic acid groups (broad SMARTS) is 1. The number of rotatable bonds is 5. The Kier molecular flexibility index (Phi) is 4.93. The van der Waals surface area contributed by atoms with Gasteiger partial charge in [-0.25, -0.2) is 9.18 Å². The summed E-state index contributed by atoms with van der Waals surface area (Å²) >= 11 is 0. The van der Waals surface area contributed by atoms with Gasteiger partial charge in [0.2, 0.25) is 0 Å². The molecule has 0 aliphatic carbocycles. The molecule has 0 aliphatic heterocycles. The predicted octanol–water partition coefficient (Wildman–Crippen LogP) is 1.73. The molecule has 1 heterocycles. The number of halogens is 1. The SMILES string of the molecule is CNC(=O)c1nnc(C)cc1Nc1cc(F)cc(C(=O)O)c1OC. The van der Waals surface area contributed by atoms with Gasteiger partial charge in [0.25, 0.3) is 5.91 Å². The molecule has 0 fully saturated rings. The first-order valence-corrected chi connectivity index (χ1v) is 6.81. The number of methoxy groups -OCH3 is 1. The van der Waals surface area contributed by atoms with Gasteiger partial charge in [0.1, 0.15) is 11.4 Å². The molecule has 0 radical (unpaired) electrons. The van der Waals surface area contributed by atoms with Crippen LogP contribution in [-0.2, 0) is 0 Å². The fourth-order valence-corrected chi connectivity index (χ4v) is 2.08. The fourth-order valence-electron chi connectivity index (χ4n) is 2.08. The van der Waals surface area contributed by atoms with Crippen LogP contribution >= 0.6 is 0 Å². The van der Waals surface area contributed by atoms with Crippen molar-refractivity contribution in [2.75, 3.05) is 19.5 Å². The number of carboxylic acids is 1. The normalized spacial score (nSPS) is 10.2. The van der Waals surface area contributed by atoms with Gasteiger partial charge >= 0.3 is 5.97 Å². The molecule has 0 spiro atoms. The summed E-state index contributed by atoms with van der Waals surface area (Å²) in [7, 11) is 2.69. The van der Waals surface area contributed by atoms with E-state index in [2.05, 4.69) is 20.8 Å². The number of hydrogen-bond acceptors (Lipinski definition) is 6. The summed E-state index contributed by atoms with van der Waals surface area (Å²) in [6, 6.07) is 3.44. The number of benzene rings is 1. The number of aryl methyl sites for hydroxylation is 1. The minimum Gasteiger partial charge on any atom is -0.494 e. The molecule has 2 rings (SSSR count). The highest BCUT2D eigenvalue weighted by Gasteiger charge is 2.20. The number of aromatic nitrogens is 2. The van der Waals surface area contributed by atoms with E-state index in [1.54, 1.807) is 6.92 Å². The number of aromatic carboxylic acids is 1. The Bertz CT molecular complexity index is 810. The van der Waals surface area contributed by atoms with Gasteiger partial charge in [-0.3, -0.25) is 4.79 Å². The van der Waals surface area contributed by atoms with Gasteiger partial charge in [0, 0.05) is 13.1 Å². The molecular formula is C15H15FN4O4. The van der Waals surface area contributed by atoms with Gasteiger partial charge < -0.3 is 20.5 Å². The Balaban J connectivity index is 2.58. The van der Waals surface area contributed by atoms with Gasteiger partial charge in [-0.1, -0.05) is 0 Å². The van der Waals surface area contributed by atoms with E-state index in [0.29, 0.717) is 5.69 Å². The number of anilines is 2. The molecule has 0 atom stereocenters. The highest BCUT2D eigenvalue weighted by Crippen LogP contribution is 2.33. The largest absolute Gasteiger partial charge is 0.494 e. The number of nitrogens with one attached hydrogen (secondary N) is 2. The summed E-state index contributed by atoms with van der Waals surface area (Å²) in [6.45, 7) is 1.66. The summed E-state index contributed by atoms with van der Waals surface area (Å²) in [5.74, 6) is -2.68. The zero-order valence-corrected chi connectivity index (χ0v) is 13.2. The topological polar surface area (TPSA) is 113 Å². The summed E-state index contributed by atoms with van der Waals surface area (Å²) in [6.07, 6.45) is 0. The van der Waals surface area contributed by atoms with Crippen LogP contribution in [0.15, 0.2) is 18.2 Å². The zero-order chi connectivity index (χ0) is 17.9. The Morgan fingerprint density at radius 1 is 1.21 bits per heavy atom. The number of carbonyl (C=O) groups excluding carboxylic acids is 1. The molecule has 2 aromatic rings. The third-order valence-corrected chi connectivity index (χ3v) is 3.12. The van der Waals surface area contributed by atoms with Crippen LogP contribution in [0.4, 0.5) is 15.8 Å². The van der Waals surface area contributed by atoms with Crippen molar-refractivity contribution in [2.45, 2.75) is 6.92 Å². The molecule has 0 saturated carbocycles. The smallest absolute Gasteiger partial charge is 0.339 e. The summed E-state index contributed by atoms with van der Waals surface area (Å²) in [5.41, 5.74) is 0.431. The second kappa shape index (κ2) is 6.90. The number of nitrogens with zero attached hydrogens (tertiary/aromatic N) is 2. The molecule has 3 N–H and O–H groups in total. The van der Waals surface area contributed by atoms with Crippen LogP contribution in [0.1, 0.15) is 26.5 Å². The number of carbonyl (C=O) groups is 2. The van der Waals surface area contributed by atoms with E-state index in [1.807, 2.05) is 0 Å². The van der Waals surface area contributed by atoms with Crippen molar-refractivity contribution in [3.8, 4) is 5.75 Å². The maximum absolute atomic E-state index is 13.7. The van der Waals surface area contributed by atoms with Crippen LogP contribution in [0.2, 0.25) is 0 Å². The van der Waals surface area contributed by atoms with Crippen molar-refractivity contribution >= 4 is 23.3 Å². The molecule has 24 heavy (non-hydrogen) atoms. The van der Waals surface area contributed by atoms with Crippen LogP contribution in [0.25, 0.3) is 0 Å². The molecule has 1 amide bonds. The van der Waals surface area contributed by atoms with Crippen molar-refractivity contribution in [1.82, 2.24) is 15.5 Å². The van der Waals surface area contributed by atoms with E-state index in [1.165, 1.54) is 20.2 Å². The maximum Gasteiger partial charge on any atom is 0.339 e. The molecular weight excluding hydrogens is 319 g/mol. The summed E-state index contributed by atoms with van der Waals surface area (Å²) in [4.78, 5) is 23.1. The van der Waals surface area contributed by atoms with Crippen molar-refractivity contribution in [2.24, 2.45) is 0 Å².